The van der Waals surface area contributed by atoms with E-state index in [0.717, 1.165) is 5.56 Å². The predicted molar refractivity (Wildman–Crippen MR) is 77.0 cm³/mol. The van der Waals surface area contributed by atoms with Crippen molar-refractivity contribution in [2.45, 2.75) is 25.8 Å². The van der Waals surface area contributed by atoms with Crippen LogP contribution in [0.15, 0.2) is 18.2 Å². The second kappa shape index (κ2) is 7.31. The van der Waals surface area contributed by atoms with E-state index in [2.05, 4.69) is 0 Å². The van der Waals surface area contributed by atoms with Gasteiger partial charge < -0.3 is 9.64 Å². The molecular weight excluding hydrogens is 268 g/mol. The first kappa shape index (κ1) is 15.7. The Labute approximate surface area is 118 Å². The third kappa shape index (κ3) is 4.08. The number of ether oxygens (including phenoxy) is 1. The van der Waals surface area contributed by atoms with E-state index in [1.165, 1.54) is 6.07 Å². The summed E-state index contributed by atoms with van der Waals surface area (Å²) in [5.74, 6) is 0.265. The fourth-order valence-electron chi connectivity index (χ4n) is 1.89. The highest BCUT2D eigenvalue weighted by Gasteiger charge is 2.21. The Kier molecular flexibility index (Phi) is 6.05. The lowest BCUT2D eigenvalue weighted by Crippen LogP contribution is -2.34. The summed E-state index contributed by atoms with van der Waals surface area (Å²) >= 11 is 5.73. The summed E-state index contributed by atoms with van der Waals surface area (Å²) in [6.45, 7) is 5.12. The normalized spacial score (nSPS) is 10.8. The molecule has 0 atom stereocenters. The zero-order valence-electron chi connectivity index (χ0n) is 11.4. The van der Waals surface area contributed by atoms with Crippen LogP contribution < -0.4 is 4.90 Å². The average molecular weight is 287 g/mol. The average Bonchev–Trinajstić information content (AvgIpc) is 2.38. The topological polar surface area (TPSA) is 55.6 Å². The molecule has 0 spiro atoms. The molecule has 0 unspecified atom stereocenters. The molecule has 1 rings (SSSR count). The third-order valence-electron chi connectivity index (χ3n) is 2.86. The molecule has 0 aromatic heterocycles. The maximum absolute atomic E-state index is 11.2. The summed E-state index contributed by atoms with van der Waals surface area (Å²) in [5.41, 5.74) is 1.43. The zero-order valence-corrected chi connectivity index (χ0v) is 12.2. The van der Waals surface area contributed by atoms with E-state index in [9.17, 15) is 10.1 Å². The second-order valence-corrected chi connectivity index (χ2v) is 4.76. The van der Waals surface area contributed by atoms with E-state index in [4.69, 9.17) is 16.3 Å². The highest BCUT2D eigenvalue weighted by atomic mass is 35.5. The SMILES string of the molecule is COCCN(c1ccc(CCl)cc1[N+](=O)[O-])C(C)C. The van der Waals surface area contributed by atoms with Gasteiger partial charge in [-0.3, -0.25) is 10.1 Å². The van der Waals surface area contributed by atoms with Crippen molar-refractivity contribution < 1.29 is 9.66 Å². The molecule has 0 heterocycles. The predicted octanol–water partition coefficient (Wildman–Crippen LogP) is 3.19. The minimum absolute atomic E-state index is 0.0861. The molecule has 0 N–H and O–H groups in total. The van der Waals surface area contributed by atoms with Gasteiger partial charge in [0.15, 0.2) is 0 Å². The van der Waals surface area contributed by atoms with Crippen LogP contribution in [0.3, 0.4) is 0 Å². The van der Waals surface area contributed by atoms with E-state index in [-0.39, 0.29) is 22.5 Å². The van der Waals surface area contributed by atoms with Crippen molar-refractivity contribution in [1.29, 1.82) is 0 Å². The van der Waals surface area contributed by atoms with Gasteiger partial charge in [0.2, 0.25) is 0 Å². The Bertz CT molecular complexity index is 438. The van der Waals surface area contributed by atoms with E-state index in [0.29, 0.717) is 18.8 Å². The van der Waals surface area contributed by atoms with Gasteiger partial charge in [-0.2, -0.15) is 0 Å². The Balaban J connectivity index is 3.17. The highest BCUT2D eigenvalue weighted by Crippen LogP contribution is 2.31. The summed E-state index contributed by atoms with van der Waals surface area (Å²) in [6, 6.07) is 5.25. The molecule has 106 valence electrons. The third-order valence-corrected chi connectivity index (χ3v) is 3.17. The van der Waals surface area contributed by atoms with Crippen molar-refractivity contribution >= 4 is 23.0 Å². The van der Waals surface area contributed by atoms with Gasteiger partial charge >= 0.3 is 0 Å². The van der Waals surface area contributed by atoms with Gasteiger partial charge in [0.25, 0.3) is 5.69 Å². The van der Waals surface area contributed by atoms with Gasteiger partial charge in [-0.05, 0) is 25.5 Å². The lowest BCUT2D eigenvalue weighted by Gasteiger charge is -2.28. The first-order valence-electron chi connectivity index (χ1n) is 6.10. The fraction of sp³-hybridized carbons (Fsp3) is 0.538. The van der Waals surface area contributed by atoms with Crippen LogP contribution >= 0.6 is 11.6 Å². The molecule has 5 nitrogen and oxygen atoms in total. The van der Waals surface area contributed by atoms with Crippen molar-refractivity contribution in [3.05, 3.63) is 33.9 Å². The van der Waals surface area contributed by atoms with Crippen molar-refractivity contribution in [2.24, 2.45) is 0 Å². The Hall–Kier alpha value is -1.33. The number of hydrogen-bond donors (Lipinski definition) is 0. The summed E-state index contributed by atoms with van der Waals surface area (Å²) < 4.78 is 5.06. The maximum Gasteiger partial charge on any atom is 0.292 e. The summed E-state index contributed by atoms with van der Waals surface area (Å²) in [7, 11) is 1.61. The molecular formula is C13H19ClN2O3. The van der Waals surface area contributed by atoms with Crippen LogP contribution in [0.25, 0.3) is 0 Å². The molecule has 0 saturated heterocycles. The van der Waals surface area contributed by atoms with Gasteiger partial charge in [0, 0.05) is 31.6 Å². The maximum atomic E-state index is 11.2. The number of halogens is 1. The minimum atomic E-state index is -0.367. The van der Waals surface area contributed by atoms with Crippen LogP contribution in [0, 0.1) is 10.1 Å². The Morgan fingerprint density at radius 2 is 2.16 bits per heavy atom. The van der Waals surface area contributed by atoms with Crippen molar-refractivity contribution in [2.75, 3.05) is 25.2 Å². The number of hydrogen-bond acceptors (Lipinski definition) is 4. The van der Waals surface area contributed by atoms with Crippen molar-refractivity contribution in [3.8, 4) is 0 Å². The number of rotatable bonds is 7. The quantitative estimate of drug-likeness (QED) is 0.439. The summed E-state index contributed by atoms with van der Waals surface area (Å²) in [5, 5.41) is 11.2. The van der Waals surface area contributed by atoms with Gasteiger partial charge in [-0.1, -0.05) is 6.07 Å². The van der Waals surface area contributed by atoms with E-state index in [1.807, 2.05) is 24.8 Å². The van der Waals surface area contributed by atoms with Gasteiger partial charge in [0.05, 0.1) is 11.5 Å². The summed E-state index contributed by atoms with van der Waals surface area (Å²) in [4.78, 5) is 12.8. The number of nitrogens with zero attached hydrogens (tertiary/aromatic N) is 2. The minimum Gasteiger partial charge on any atom is -0.383 e. The van der Waals surface area contributed by atoms with Crippen LogP contribution in [-0.4, -0.2) is 31.2 Å². The lowest BCUT2D eigenvalue weighted by atomic mass is 10.1. The molecule has 19 heavy (non-hydrogen) atoms. The van der Waals surface area contributed by atoms with Gasteiger partial charge in [0.1, 0.15) is 5.69 Å². The summed E-state index contributed by atoms with van der Waals surface area (Å²) in [6.07, 6.45) is 0. The van der Waals surface area contributed by atoms with Gasteiger partial charge in [-0.15, -0.1) is 11.6 Å². The van der Waals surface area contributed by atoms with Crippen LogP contribution in [0.2, 0.25) is 0 Å². The highest BCUT2D eigenvalue weighted by molar-refractivity contribution is 6.17. The molecule has 1 aromatic carbocycles. The van der Waals surface area contributed by atoms with E-state index < -0.39 is 0 Å². The largest absolute Gasteiger partial charge is 0.383 e. The van der Waals surface area contributed by atoms with Crippen LogP contribution in [0.1, 0.15) is 19.4 Å². The number of nitro groups is 1. The second-order valence-electron chi connectivity index (χ2n) is 4.49. The molecule has 0 fully saturated rings. The molecule has 1 aromatic rings. The van der Waals surface area contributed by atoms with E-state index >= 15 is 0 Å². The molecule has 6 heteroatoms. The fourth-order valence-corrected chi connectivity index (χ4v) is 2.05. The molecule has 0 bridgehead atoms. The Morgan fingerprint density at radius 1 is 1.47 bits per heavy atom. The molecule has 0 amide bonds. The smallest absolute Gasteiger partial charge is 0.292 e. The Morgan fingerprint density at radius 3 is 2.63 bits per heavy atom. The van der Waals surface area contributed by atoms with Crippen LogP contribution in [-0.2, 0) is 10.6 Å². The van der Waals surface area contributed by atoms with Gasteiger partial charge in [-0.25, -0.2) is 0 Å². The lowest BCUT2D eigenvalue weighted by molar-refractivity contribution is -0.384. The van der Waals surface area contributed by atoms with Crippen LogP contribution in [0.4, 0.5) is 11.4 Å². The number of methoxy groups -OCH3 is 1. The zero-order chi connectivity index (χ0) is 14.4. The number of anilines is 1. The number of alkyl halides is 1. The van der Waals surface area contributed by atoms with Crippen LogP contribution in [0.5, 0.6) is 0 Å². The first-order chi connectivity index (χ1) is 9.01. The first-order valence-corrected chi connectivity index (χ1v) is 6.63. The van der Waals surface area contributed by atoms with Crippen molar-refractivity contribution in [3.63, 3.8) is 0 Å². The standard InChI is InChI=1S/C13H19ClN2O3/c1-10(2)15(6-7-19-3)12-5-4-11(9-14)8-13(12)16(17)18/h4-5,8,10H,6-7,9H2,1-3H3. The molecule has 0 aliphatic carbocycles. The number of nitro benzene ring substituents is 1. The molecule has 0 aliphatic heterocycles. The number of benzene rings is 1. The molecule has 0 aliphatic rings. The molecule has 0 radical (unpaired) electrons. The monoisotopic (exact) mass is 286 g/mol. The molecule has 0 saturated carbocycles. The van der Waals surface area contributed by atoms with E-state index in [1.54, 1.807) is 13.2 Å². The van der Waals surface area contributed by atoms with Crippen molar-refractivity contribution in [1.82, 2.24) is 0 Å².